The molecule has 0 aliphatic heterocycles. The molecule has 0 unspecified atom stereocenters. The maximum atomic E-state index is 5.05. The third kappa shape index (κ3) is 2.64. The van der Waals surface area contributed by atoms with Gasteiger partial charge in [0.15, 0.2) is 5.65 Å². The first-order valence-electron chi connectivity index (χ1n) is 11.8. The molecule has 0 radical (unpaired) electrons. The molecule has 8 rings (SSSR count). The Bertz CT molecular complexity index is 2030. The van der Waals surface area contributed by atoms with Gasteiger partial charge < -0.3 is 0 Å². The Hall–Kier alpha value is -5.21. The molecular weight excluding hydrogens is 442 g/mol. The quantitative estimate of drug-likeness (QED) is 0.295. The van der Waals surface area contributed by atoms with Crippen LogP contribution in [-0.2, 0) is 0 Å². The summed E-state index contributed by atoms with van der Waals surface area (Å²) < 4.78 is 4.06. The van der Waals surface area contributed by atoms with Gasteiger partial charge in [-0.2, -0.15) is 0 Å². The molecule has 5 nitrogen and oxygen atoms in total. The van der Waals surface area contributed by atoms with Crippen molar-refractivity contribution in [1.29, 1.82) is 0 Å². The van der Waals surface area contributed by atoms with Crippen LogP contribution in [0.5, 0.6) is 0 Å². The maximum Gasteiger partial charge on any atom is 0.203 e. The molecule has 5 heteroatoms. The highest BCUT2D eigenvalue weighted by Gasteiger charge is 2.22. The standard InChI is InChI=1S/C31H17N5/c1-3-10-20(11-4-1)22-18-25(21-12-5-2-6-13-21)31-33-30(34-35(31)19-22)28-29-24-15-8-7-14-23(24)26-16-9-17-27(32-28)36(26)29/h1-6,8-13,15-19H. The molecule has 166 valence electrons. The fourth-order valence-corrected chi connectivity index (χ4v) is 5.19. The van der Waals surface area contributed by atoms with E-state index in [1.54, 1.807) is 0 Å². The molecule has 0 saturated carbocycles. The lowest BCUT2D eigenvalue weighted by atomic mass is 10.0. The van der Waals surface area contributed by atoms with Crippen LogP contribution in [0.25, 0.3) is 66.9 Å². The molecule has 36 heavy (non-hydrogen) atoms. The van der Waals surface area contributed by atoms with Crippen LogP contribution >= 0.6 is 0 Å². The van der Waals surface area contributed by atoms with Gasteiger partial charge in [0.2, 0.25) is 5.82 Å². The van der Waals surface area contributed by atoms with E-state index in [0.717, 1.165) is 61.0 Å². The predicted octanol–water partition coefficient (Wildman–Crippen LogP) is 6.72. The largest absolute Gasteiger partial charge is 0.291 e. The highest BCUT2D eigenvalue weighted by Crippen LogP contribution is 2.36. The zero-order chi connectivity index (χ0) is 23.6. The van der Waals surface area contributed by atoms with Crippen molar-refractivity contribution in [3.05, 3.63) is 115 Å². The molecule has 0 aliphatic rings. The molecule has 0 bridgehead atoms. The van der Waals surface area contributed by atoms with E-state index in [1.807, 2.05) is 53.2 Å². The third-order valence-corrected chi connectivity index (χ3v) is 6.79. The van der Waals surface area contributed by atoms with Crippen LogP contribution in [0.3, 0.4) is 0 Å². The van der Waals surface area contributed by atoms with Crippen LogP contribution in [0.2, 0.25) is 0 Å². The number of fused-ring (bicyclic) bond motifs is 4. The summed E-state index contributed by atoms with van der Waals surface area (Å²) in [7, 11) is 0. The number of nitrogens with zero attached hydrogens (tertiary/aromatic N) is 5. The lowest BCUT2D eigenvalue weighted by Crippen LogP contribution is -1.93. The highest BCUT2D eigenvalue weighted by atomic mass is 15.3. The van der Waals surface area contributed by atoms with Crippen LogP contribution < -0.4 is 0 Å². The Labute approximate surface area is 206 Å². The number of aromatic nitrogens is 5. The molecule has 0 amide bonds. The molecule has 5 aromatic heterocycles. The fourth-order valence-electron chi connectivity index (χ4n) is 5.19. The number of pyridine rings is 2. The van der Waals surface area contributed by atoms with E-state index in [1.165, 1.54) is 0 Å². The Morgan fingerprint density at radius 3 is 2.36 bits per heavy atom. The third-order valence-electron chi connectivity index (χ3n) is 6.79. The van der Waals surface area contributed by atoms with Crippen LogP contribution in [0, 0.1) is 12.1 Å². The van der Waals surface area contributed by atoms with Gasteiger partial charge in [0.05, 0.1) is 16.4 Å². The predicted molar refractivity (Wildman–Crippen MR) is 142 cm³/mol. The minimum atomic E-state index is 0.600. The monoisotopic (exact) mass is 459 g/mol. The lowest BCUT2D eigenvalue weighted by Gasteiger charge is -2.08. The van der Waals surface area contributed by atoms with Gasteiger partial charge in [-0.1, -0.05) is 78.9 Å². The van der Waals surface area contributed by atoms with E-state index in [0.29, 0.717) is 5.82 Å². The SMILES string of the molecule is c1ccc2c(c#1)c1cccc3nc(-c4nc5c(-c6ccccc6)cc(-c6ccccc6)cn5n4)c2n31. The molecule has 0 atom stereocenters. The molecule has 0 N–H and O–H groups in total. The second kappa shape index (κ2) is 7.14. The van der Waals surface area contributed by atoms with Gasteiger partial charge in [-0.05, 0) is 41.5 Å². The van der Waals surface area contributed by atoms with E-state index in [2.05, 4.69) is 71.1 Å². The summed E-state index contributed by atoms with van der Waals surface area (Å²) in [4.78, 5) is 10.0. The van der Waals surface area contributed by atoms with Crippen molar-refractivity contribution in [1.82, 2.24) is 24.0 Å². The van der Waals surface area contributed by atoms with Gasteiger partial charge in [0, 0.05) is 22.7 Å². The second-order valence-electron chi connectivity index (χ2n) is 8.88. The molecule has 0 fully saturated rings. The highest BCUT2D eigenvalue weighted by molar-refractivity contribution is 6.12. The van der Waals surface area contributed by atoms with Crippen LogP contribution in [0.4, 0.5) is 0 Å². The zero-order valence-electron chi connectivity index (χ0n) is 19.1. The van der Waals surface area contributed by atoms with Gasteiger partial charge in [0.25, 0.3) is 0 Å². The first kappa shape index (κ1) is 19.1. The molecule has 8 aromatic rings. The minimum Gasteiger partial charge on any atom is -0.291 e. The summed E-state index contributed by atoms with van der Waals surface area (Å²) in [5.41, 5.74) is 8.83. The van der Waals surface area contributed by atoms with E-state index in [-0.39, 0.29) is 0 Å². The van der Waals surface area contributed by atoms with Crippen molar-refractivity contribution in [3.63, 3.8) is 0 Å². The van der Waals surface area contributed by atoms with Crippen LogP contribution in [-0.4, -0.2) is 24.0 Å². The number of rotatable bonds is 3. The topological polar surface area (TPSA) is 47.5 Å². The first-order chi connectivity index (χ1) is 17.8. The second-order valence-corrected chi connectivity index (χ2v) is 8.88. The number of hydrogen-bond acceptors (Lipinski definition) is 3. The molecule has 0 spiro atoms. The van der Waals surface area contributed by atoms with Gasteiger partial charge in [0.1, 0.15) is 11.3 Å². The smallest absolute Gasteiger partial charge is 0.203 e. The number of benzene rings is 2. The van der Waals surface area contributed by atoms with E-state index >= 15 is 0 Å². The van der Waals surface area contributed by atoms with Crippen molar-refractivity contribution in [2.24, 2.45) is 0 Å². The van der Waals surface area contributed by atoms with Gasteiger partial charge >= 0.3 is 0 Å². The summed E-state index contributed by atoms with van der Waals surface area (Å²) in [6, 6.07) is 39.4. The minimum absolute atomic E-state index is 0.600. The van der Waals surface area contributed by atoms with Crippen LogP contribution in [0.1, 0.15) is 0 Å². The summed E-state index contributed by atoms with van der Waals surface area (Å²) in [5.74, 6) is 0.600. The average molecular weight is 460 g/mol. The Morgan fingerprint density at radius 1 is 0.722 bits per heavy atom. The zero-order valence-corrected chi connectivity index (χ0v) is 19.1. The number of hydrogen-bond donors (Lipinski definition) is 0. The van der Waals surface area contributed by atoms with Crippen molar-refractivity contribution < 1.29 is 0 Å². The normalized spacial score (nSPS) is 11.7. The van der Waals surface area contributed by atoms with Gasteiger partial charge in [-0.3, -0.25) is 4.40 Å². The first-order valence-corrected chi connectivity index (χ1v) is 11.8. The van der Waals surface area contributed by atoms with E-state index < -0.39 is 0 Å². The van der Waals surface area contributed by atoms with Gasteiger partial charge in [-0.15, -0.1) is 5.10 Å². The Balaban J connectivity index is 1.44. The maximum absolute atomic E-state index is 5.05. The van der Waals surface area contributed by atoms with E-state index in [9.17, 15) is 0 Å². The Kier molecular flexibility index (Phi) is 3.80. The van der Waals surface area contributed by atoms with Gasteiger partial charge in [-0.25, -0.2) is 14.5 Å². The molecule has 3 aromatic carbocycles. The summed E-state index contributed by atoms with van der Waals surface area (Å²) >= 11 is 0. The van der Waals surface area contributed by atoms with Crippen molar-refractivity contribution in [2.45, 2.75) is 0 Å². The molecule has 0 aliphatic carbocycles. The summed E-state index contributed by atoms with van der Waals surface area (Å²) in [5, 5.41) is 7.07. The number of imidazole rings is 1. The summed E-state index contributed by atoms with van der Waals surface area (Å²) in [6.45, 7) is 0. The molecular formula is C31H17N5. The van der Waals surface area contributed by atoms with Crippen molar-refractivity contribution in [3.8, 4) is 33.8 Å². The molecule has 5 heterocycles. The van der Waals surface area contributed by atoms with Crippen LogP contribution in [0.15, 0.2) is 103 Å². The molecule has 0 saturated heterocycles. The van der Waals surface area contributed by atoms with E-state index in [4.69, 9.17) is 15.1 Å². The van der Waals surface area contributed by atoms with Crippen molar-refractivity contribution in [2.75, 3.05) is 0 Å². The Morgan fingerprint density at radius 2 is 1.53 bits per heavy atom. The fraction of sp³-hybridized carbons (Fsp3) is 0. The summed E-state index contributed by atoms with van der Waals surface area (Å²) in [6.07, 6.45) is 2.05. The lowest BCUT2D eigenvalue weighted by molar-refractivity contribution is 0.966. The van der Waals surface area contributed by atoms with Crippen molar-refractivity contribution >= 4 is 33.1 Å². The average Bonchev–Trinajstić information content (AvgIpc) is 3.64.